The molecule has 0 aliphatic carbocycles. The summed E-state index contributed by atoms with van der Waals surface area (Å²) in [5, 5.41) is 9.36. The highest BCUT2D eigenvalue weighted by Gasteiger charge is 2.08. The smallest absolute Gasteiger partial charge is 0.213 e. The number of pyridine rings is 1. The first-order chi connectivity index (χ1) is 10.3. The molecule has 0 saturated carbocycles. The lowest BCUT2D eigenvalue weighted by molar-refractivity contribution is 0.397. The maximum atomic E-state index is 9.36. The molecule has 2 heterocycles. The molecule has 0 bridgehead atoms. The number of aromatic nitrogens is 3. The van der Waals surface area contributed by atoms with Crippen molar-refractivity contribution in [3.05, 3.63) is 54.0 Å². The molecule has 0 amide bonds. The number of nitrogens with zero attached hydrogens (tertiary/aromatic N) is 3. The van der Waals surface area contributed by atoms with Crippen LogP contribution in [-0.2, 0) is 0 Å². The third-order valence-electron chi connectivity index (χ3n) is 3.01. The van der Waals surface area contributed by atoms with E-state index in [4.69, 9.17) is 4.74 Å². The lowest BCUT2D eigenvalue weighted by atomic mass is 10.2. The zero-order chi connectivity index (χ0) is 14.7. The number of aromatic amines is 1. The number of para-hydroxylation sites is 2. The van der Waals surface area contributed by atoms with Crippen molar-refractivity contribution in [3.63, 3.8) is 0 Å². The third-order valence-corrected chi connectivity index (χ3v) is 3.01. The van der Waals surface area contributed by atoms with Crippen LogP contribution in [0.5, 0.6) is 5.88 Å². The van der Waals surface area contributed by atoms with E-state index < -0.39 is 0 Å². The van der Waals surface area contributed by atoms with Gasteiger partial charge >= 0.3 is 0 Å². The van der Waals surface area contributed by atoms with E-state index in [9.17, 15) is 5.26 Å². The van der Waals surface area contributed by atoms with Crippen LogP contribution >= 0.6 is 0 Å². The van der Waals surface area contributed by atoms with Crippen molar-refractivity contribution in [2.75, 3.05) is 7.11 Å². The van der Waals surface area contributed by atoms with Gasteiger partial charge in [-0.25, -0.2) is 9.97 Å². The van der Waals surface area contributed by atoms with Crippen LogP contribution in [0.15, 0.2) is 42.5 Å². The molecule has 3 aromatic rings. The summed E-state index contributed by atoms with van der Waals surface area (Å²) >= 11 is 0. The second-order valence-corrected chi connectivity index (χ2v) is 4.38. The van der Waals surface area contributed by atoms with E-state index in [0.717, 1.165) is 11.0 Å². The number of nitrogens with one attached hydrogen (secondary N) is 1. The summed E-state index contributed by atoms with van der Waals surface area (Å²) in [5.41, 5.74) is 2.79. The number of ether oxygens (including phenoxy) is 1. The predicted molar refractivity (Wildman–Crippen MR) is 80.4 cm³/mol. The van der Waals surface area contributed by atoms with Crippen LogP contribution in [-0.4, -0.2) is 22.1 Å². The fraction of sp³-hybridized carbons (Fsp3) is 0.0625. The number of hydrogen-bond donors (Lipinski definition) is 1. The average molecular weight is 276 g/mol. The quantitative estimate of drug-likeness (QED) is 0.746. The SMILES string of the molecule is COc1cccc(/C=C(\C#N)c2nc3ccccc3[nH]2)n1. The number of nitriles is 1. The molecule has 21 heavy (non-hydrogen) atoms. The molecule has 0 atom stereocenters. The summed E-state index contributed by atoms with van der Waals surface area (Å²) in [6.45, 7) is 0. The van der Waals surface area contributed by atoms with Crippen molar-refractivity contribution < 1.29 is 4.74 Å². The van der Waals surface area contributed by atoms with E-state index in [0.29, 0.717) is 23.0 Å². The summed E-state index contributed by atoms with van der Waals surface area (Å²) < 4.78 is 5.08. The van der Waals surface area contributed by atoms with E-state index in [2.05, 4.69) is 21.0 Å². The summed E-state index contributed by atoms with van der Waals surface area (Å²) in [4.78, 5) is 11.8. The summed E-state index contributed by atoms with van der Waals surface area (Å²) in [6, 6.07) is 15.2. The largest absolute Gasteiger partial charge is 0.481 e. The third kappa shape index (κ3) is 2.60. The molecule has 5 heteroatoms. The van der Waals surface area contributed by atoms with Gasteiger partial charge in [-0.05, 0) is 24.3 Å². The van der Waals surface area contributed by atoms with Gasteiger partial charge in [-0.2, -0.15) is 5.26 Å². The first-order valence-electron chi connectivity index (χ1n) is 6.38. The number of fused-ring (bicyclic) bond motifs is 1. The molecule has 0 fully saturated rings. The van der Waals surface area contributed by atoms with Crippen molar-refractivity contribution in [1.82, 2.24) is 15.0 Å². The molecule has 3 rings (SSSR count). The number of allylic oxidation sites excluding steroid dienone is 1. The molecule has 0 unspecified atom stereocenters. The van der Waals surface area contributed by atoms with Crippen molar-refractivity contribution in [1.29, 1.82) is 5.26 Å². The minimum absolute atomic E-state index is 0.423. The second-order valence-electron chi connectivity index (χ2n) is 4.38. The maximum absolute atomic E-state index is 9.36. The van der Waals surface area contributed by atoms with Gasteiger partial charge in [0.15, 0.2) is 0 Å². The van der Waals surface area contributed by atoms with Gasteiger partial charge < -0.3 is 9.72 Å². The Hall–Kier alpha value is -3.13. The van der Waals surface area contributed by atoms with Crippen LogP contribution in [0, 0.1) is 11.3 Å². The standard InChI is InChI=1S/C16H12N4O/c1-21-15-8-4-5-12(18-15)9-11(10-17)16-19-13-6-2-3-7-14(13)20-16/h2-9H,1H3,(H,19,20)/b11-9+. The Bertz CT molecular complexity index is 825. The van der Waals surface area contributed by atoms with Crippen LogP contribution < -0.4 is 4.74 Å². The average Bonchev–Trinajstić information content (AvgIpc) is 2.96. The number of hydrogen-bond acceptors (Lipinski definition) is 4. The Morgan fingerprint density at radius 1 is 1.19 bits per heavy atom. The van der Waals surface area contributed by atoms with E-state index in [1.54, 1.807) is 19.3 Å². The molecule has 5 nitrogen and oxygen atoms in total. The molecule has 0 saturated heterocycles. The minimum atomic E-state index is 0.423. The lowest BCUT2D eigenvalue weighted by Crippen LogP contribution is -1.90. The Balaban J connectivity index is 2.04. The van der Waals surface area contributed by atoms with E-state index >= 15 is 0 Å². The zero-order valence-corrected chi connectivity index (χ0v) is 11.4. The molecule has 0 aliphatic rings. The van der Waals surface area contributed by atoms with Crippen LogP contribution in [0.4, 0.5) is 0 Å². The van der Waals surface area contributed by atoms with Crippen LogP contribution in [0.1, 0.15) is 11.5 Å². The van der Waals surface area contributed by atoms with E-state index in [-0.39, 0.29) is 0 Å². The van der Waals surface area contributed by atoms with Crippen LogP contribution in [0.25, 0.3) is 22.7 Å². The Labute approximate surface area is 121 Å². The zero-order valence-electron chi connectivity index (χ0n) is 11.4. The second kappa shape index (κ2) is 5.47. The minimum Gasteiger partial charge on any atom is -0.481 e. The molecule has 1 N–H and O–H groups in total. The Kier molecular flexibility index (Phi) is 3.36. The number of rotatable bonds is 3. The van der Waals surface area contributed by atoms with Gasteiger partial charge in [0.2, 0.25) is 5.88 Å². The number of benzene rings is 1. The highest BCUT2D eigenvalue weighted by molar-refractivity contribution is 5.89. The fourth-order valence-corrected chi connectivity index (χ4v) is 2.01. The van der Waals surface area contributed by atoms with Crippen molar-refractivity contribution in [2.24, 2.45) is 0 Å². The molecular formula is C16H12N4O. The van der Waals surface area contributed by atoms with Crippen molar-refractivity contribution in [2.45, 2.75) is 0 Å². The van der Waals surface area contributed by atoms with Gasteiger partial charge in [0.05, 0.1) is 29.4 Å². The number of H-pyrrole nitrogens is 1. The maximum Gasteiger partial charge on any atom is 0.213 e. The van der Waals surface area contributed by atoms with Gasteiger partial charge in [0.25, 0.3) is 0 Å². The van der Waals surface area contributed by atoms with Crippen LogP contribution in [0.2, 0.25) is 0 Å². The summed E-state index contributed by atoms with van der Waals surface area (Å²) in [7, 11) is 1.56. The van der Waals surface area contributed by atoms with E-state index in [1.807, 2.05) is 36.4 Å². The normalized spacial score (nSPS) is 11.3. The molecule has 1 aromatic carbocycles. The summed E-state index contributed by atoms with van der Waals surface area (Å²) in [5.74, 6) is 1.04. The van der Waals surface area contributed by atoms with E-state index in [1.165, 1.54) is 0 Å². The molecule has 0 spiro atoms. The molecular weight excluding hydrogens is 264 g/mol. The first-order valence-corrected chi connectivity index (χ1v) is 6.38. The van der Waals surface area contributed by atoms with Gasteiger partial charge in [0, 0.05) is 6.07 Å². The van der Waals surface area contributed by atoms with Crippen LogP contribution in [0.3, 0.4) is 0 Å². The fourth-order valence-electron chi connectivity index (χ4n) is 2.01. The van der Waals surface area contributed by atoms with Gasteiger partial charge in [0.1, 0.15) is 11.9 Å². The highest BCUT2D eigenvalue weighted by atomic mass is 16.5. The van der Waals surface area contributed by atoms with Gasteiger partial charge in [-0.15, -0.1) is 0 Å². The first kappa shape index (κ1) is 12.9. The summed E-state index contributed by atoms with van der Waals surface area (Å²) in [6.07, 6.45) is 1.68. The molecule has 0 aliphatic heterocycles. The van der Waals surface area contributed by atoms with Crippen molar-refractivity contribution in [3.8, 4) is 11.9 Å². The topological polar surface area (TPSA) is 74.6 Å². The Morgan fingerprint density at radius 2 is 2.05 bits per heavy atom. The predicted octanol–water partition coefficient (Wildman–Crippen LogP) is 3.03. The number of methoxy groups -OCH3 is 1. The molecule has 2 aromatic heterocycles. The lowest BCUT2D eigenvalue weighted by Gasteiger charge is -1.99. The van der Waals surface area contributed by atoms with Gasteiger partial charge in [-0.1, -0.05) is 18.2 Å². The molecule has 102 valence electrons. The highest BCUT2D eigenvalue weighted by Crippen LogP contribution is 2.19. The Morgan fingerprint density at radius 3 is 2.81 bits per heavy atom. The number of imidazole rings is 1. The van der Waals surface area contributed by atoms with Crippen molar-refractivity contribution >= 4 is 22.7 Å². The van der Waals surface area contributed by atoms with Gasteiger partial charge in [-0.3, -0.25) is 0 Å². The monoisotopic (exact) mass is 276 g/mol. The molecule has 0 radical (unpaired) electrons.